The van der Waals surface area contributed by atoms with Crippen LogP contribution in [0.1, 0.15) is 22.3 Å². The first-order valence-corrected chi connectivity index (χ1v) is 14.2. The maximum absolute atomic E-state index is 11.7. The van der Waals surface area contributed by atoms with Crippen LogP contribution in [0.2, 0.25) is 0 Å². The second-order valence-corrected chi connectivity index (χ2v) is 10.4. The highest BCUT2D eigenvalue weighted by molar-refractivity contribution is 5.16. The number of aliphatic hydroxyl groups is 2. The summed E-state index contributed by atoms with van der Waals surface area (Å²) in [4.78, 5) is 0. The van der Waals surface area contributed by atoms with E-state index in [1.54, 1.807) is 0 Å². The topological polar surface area (TPSA) is 86.6 Å². The SMILES string of the molecule is OC[C@]1(O)O[C@H](COCc2ccccc2)[C@@H](OCc2ccccc2)[C@H](OCc2ccccc2)[C@@H]1OCc1ccccc1. The van der Waals surface area contributed by atoms with Crippen LogP contribution in [0.15, 0.2) is 121 Å². The van der Waals surface area contributed by atoms with Crippen LogP contribution in [0, 0.1) is 0 Å². The van der Waals surface area contributed by atoms with Gasteiger partial charge in [0.05, 0.1) is 39.6 Å². The fraction of sp³-hybridized carbons (Fsp3) is 0.314. The Bertz CT molecular complexity index is 1310. The Morgan fingerprint density at radius 1 is 0.548 bits per heavy atom. The molecule has 7 heteroatoms. The predicted octanol–water partition coefficient (Wildman–Crippen LogP) is 5.04. The Balaban J connectivity index is 1.42. The van der Waals surface area contributed by atoms with E-state index in [9.17, 15) is 10.2 Å². The summed E-state index contributed by atoms with van der Waals surface area (Å²) >= 11 is 0. The molecule has 0 aromatic heterocycles. The molecular formula is C35H38O7. The van der Waals surface area contributed by atoms with Crippen molar-refractivity contribution < 1.29 is 33.9 Å². The zero-order chi connectivity index (χ0) is 29.0. The summed E-state index contributed by atoms with van der Waals surface area (Å²) in [7, 11) is 0. The van der Waals surface area contributed by atoms with E-state index in [0.29, 0.717) is 6.61 Å². The molecule has 0 saturated carbocycles. The number of benzene rings is 4. The van der Waals surface area contributed by atoms with Crippen molar-refractivity contribution in [2.24, 2.45) is 0 Å². The molecule has 0 aliphatic carbocycles. The maximum atomic E-state index is 11.7. The normalized spacial score (nSPS) is 24.0. The zero-order valence-corrected chi connectivity index (χ0v) is 23.5. The molecule has 2 N–H and O–H groups in total. The Hall–Kier alpha value is -3.40. The Kier molecular flexibility index (Phi) is 10.9. The van der Waals surface area contributed by atoms with Crippen LogP contribution in [0.25, 0.3) is 0 Å². The first-order valence-electron chi connectivity index (χ1n) is 14.2. The molecule has 1 aliphatic rings. The molecule has 4 aromatic carbocycles. The highest BCUT2D eigenvalue weighted by Crippen LogP contribution is 2.35. The predicted molar refractivity (Wildman–Crippen MR) is 158 cm³/mol. The third-order valence-corrected chi connectivity index (χ3v) is 7.25. The summed E-state index contributed by atoms with van der Waals surface area (Å²) in [6, 6.07) is 39.1. The summed E-state index contributed by atoms with van der Waals surface area (Å²) in [6.07, 6.45) is -3.30. The van der Waals surface area contributed by atoms with Gasteiger partial charge in [-0.15, -0.1) is 0 Å². The number of ether oxygens (including phenoxy) is 5. The van der Waals surface area contributed by atoms with Gasteiger partial charge in [-0.25, -0.2) is 0 Å². The Morgan fingerprint density at radius 2 is 0.952 bits per heavy atom. The molecule has 220 valence electrons. The number of aliphatic hydroxyl groups excluding tert-OH is 1. The van der Waals surface area contributed by atoms with Crippen LogP contribution >= 0.6 is 0 Å². The van der Waals surface area contributed by atoms with Gasteiger partial charge in [-0.1, -0.05) is 121 Å². The molecule has 42 heavy (non-hydrogen) atoms. The molecule has 1 heterocycles. The van der Waals surface area contributed by atoms with Gasteiger partial charge in [0.25, 0.3) is 0 Å². The third-order valence-electron chi connectivity index (χ3n) is 7.25. The summed E-state index contributed by atoms with van der Waals surface area (Å²) in [5, 5.41) is 22.1. The van der Waals surface area contributed by atoms with Crippen LogP contribution < -0.4 is 0 Å². The molecule has 0 radical (unpaired) electrons. The summed E-state index contributed by atoms with van der Waals surface area (Å²) < 4.78 is 31.6. The fourth-order valence-electron chi connectivity index (χ4n) is 5.06. The van der Waals surface area contributed by atoms with Crippen LogP contribution in [-0.2, 0) is 50.1 Å². The molecule has 0 bridgehead atoms. The quantitative estimate of drug-likeness (QED) is 0.220. The summed E-state index contributed by atoms with van der Waals surface area (Å²) in [5.74, 6) is -2.05. The van der Waals surface area contributed by atoms with Crippen molar-refractivity contribution in [3.8, 4) is 0 Å². The fourth-order valence-corrected chi connectivity index (χ4v) is 5.06. The third kappa shape index (κ3) is 8.12. The van der Waals surface area contributed by atoms with Crippen molar-refractivity contribution in [1.29, 1.82) is 0 Å². The van der Waals surface area contributed by atoms with Gasteiger partial charge in [0.1, 0.15) is 24.4 Å². The molecule has 0 unspecified atom stereocenters. The van der Waals surface area contributed by atoms with Crippen LogP contribution in [0.5, 0.6) is 0 Å². The van der Waals surface area contributed by atoms with Gasteiger partial charge in [-0.3, -0.25) is 0 Å². The Labute approximate surface area is 247 Å². The number of rotatable bonds is 14. The van der Waals surface area contributed by atoms with Gasteiger partial charge in [0.15, 0.2) is 0 Å². The van der Waals surface area contributed by atoms with Gasteiger partial charge in [-0.2, -0.15) is 0 Å². The lowest BCUT2D eigenvalue weighted by Gasteiger charge is -2.49. The van der Waals surface area contributed by atoms with E-state index >= 15 is 0 Å². The van der Waals surface area contributed by atoms with Crippen molar-refractivity contribution in [2.75, 3.05) is 13.2 Å². The van der Waals surface area contributed by atoms with E-state index in [4.69, 9.17) is 23.7 Å². The van der Waals surface area contributed by atoms with Gasteiger partial charge in [-0.05, 0) is 22.3 Å². The molecule has 0 spiro atoms. The number of hydrogen-bond acceptors (Lipinski definition) is 7. The second-order valence-electron chi connectivity index (χ2n) is 10.4. The van der Waals surface area contributed by atoms with Crippen molar-refractivity contribution >= 4 is 0 Å². The van der Waals surface area contributed by atoms with Gasteiger partial charge >= 0.3 is 0 Å². The molecular weight excluding hydrogens is 532 g/mol. The molecule has 7 nitrogen and oxygen atoms in total. The van der Waals surface area contributed by atoms with Crippen molar-refractivity contribution in [1.82, 2.24) is 0 Å². The maximum Gasteiger partial charge on any atom is 0.219 e. The van der Waals surface area contributed by atoms with Crippen molar-refractivity contribution in [2.45, 2.75) is 56.6 Å². The summed E-state index contributed by atoms with van der Waals surface area (Å²) in [5.41, 5.74) is 3.85. The minimum absolute atomic E-state index is 0.104. The van der Waals surface area contributed by atoms with Gasteiger partial charge in [0, 0.05) is 0 Å². The van der Waals surface area contributed by atoms with E-state index in [2.05, 4.69) is 0 Å². The van der Waals surface area contributed by atoms with E-state index in [1.165, 1.54) is 0 Å². The van der Waals surface area contributed by atoms with Crippen LogP contribution in [0.3, 0.4) is 0 Å². The molecule has 1 saturated heterocycles. The monoisotopic (exact) mass is 570 g/mol. The lowest BCUT2D eigenvalue weighted by molar-refractivity contribution is -0.377. The largest absolute Gasteiger partial charge is 0.391 e. The molecule has 1 aliphatic heterocycles. The highest BCUT2D eigenvalue weighted by Gasteiger charge is 2.56. The van der Waals surface area contributed by atoms with Crippen LogP contribution in [-0.4, -0.2) is 53.6 Å². The van der Waals surface area contributed by atoms with Gasteiger partial charge in [0.2, 0.25) is 5.79 Å². The highest BCUT2D eigenvalue weighted by atomic mass is 16.7. The van der Waals surface area contributed by atoms with E-state index in [-0.39, 0.29) is 26.4 Å². The first-order chi connectivity index (χ1) is 20.6. The van der Waals surface area contributed by atoms with E-state index < -0.39 is 36.8 Å². The lowest BCUT2D eigenvalue weighted by atomic mass is 9.91. The average Bonchev–Trinajstić information content (AvgIpc) is 3.05. The van der Waals surface area contributed by atoms with E-state index in [1.807, 2.05) is 121 Å². The molecule has 5 atom stereocenters. The average molecular weight is 571 g/mol. The molecule has 5 rings (SSSR count). The van der Waals surface area contributed by atoms with Crippen molar-refractivity contribution in [3.63, 3.8) is 0 Å². The number of hydrogen-bond donors (Lipinski definition) is 2. The molecule has 1 fully saturated rings. The second kappa shape index (κ2) is 15.2. The smallest absolute Gasteiger partial charge is 0.219 e. The summed E-state index contributed by atoms with van der Waals surface area (Å²) in [6.45, 7) is 0.487. The minimum atomic E-state index is -2.05. The minimum Gasteiger partial charge on any atom is -0.391 e. The first kappa shape index (κ1) is 30.1. The van der Waals surface area contributed by atoms with Crippen molar-refractivity contribution in [3.05, 3.63) is 144 Å². The van der Waals surface area contributed by atoms with E-state index in [0.717, 1.165) is 22.3 Å². The standard InChI is InChI=1S/C35H38O7/c36-26-35(37)34(41-24-30-19-11-4-12-20-30)33(40-23-29-17-9-3-10-18-29)32(39-22-28-15-7-2-8-16-28)31(42-35)25-38-21-27-13-5-1-6-14-27/h1-20,31-34,36-37H,21-26H2/t31-,32-,33+,34+,35+/m1/s1. The zero-order valence-electron chi connectivity index (χ0n) is 23.5. The molecule has 4 aromatic rings. The molecule has 0 amide bonds. The Morgan fingerprint density at radius 3 is 1.40 bits per heavy atom. The lowest BCUT2D eigenvalue weighted by Crippen LogP contribution is -2.68. The van der Waals surface area contributed by atoms with Crippen LogP contribution in [0.4, 0.5) is 0 Å². The van der Waals surface area contributed by atoms with Gasteiger partial charge < -0.3 is 33.9 Å².